The Morgan fingerprint density at radius 3 is 2.52 bits per heavy atom. The number of rotatable bonds is 7. The minimum atomic E-state index is -0.443. The van der Waals surface area contributed by atoms with Gasteiger partial charge >= 0.3 is 0 Å². The molecule has 2 amide bonds. The number of nitrogens with one attached hydrogen (secondary N) is 1. The van der Waals surface area contributed by atoms with E-state index in [0.717, 1.165) is 6.54 Å². The second-order valence-electron chi connectivity index (χ2n) is 7.07. The Morgan fingerprint density at radius 1 is 1.28 bits per heavy atom. The Balaban J connectivity index is 1.89. The first kappa shape index (κ1) is 19.4. The van der Waals surface area contributed by atoms with Gasteiger partial charge in [-0.3, -0.25) is 14.5 Å². The normalized spacial score (nSPS) is 17.8. The van der Waals surface area contributed by atoms with E-state index in [-0.39, 0.29) is 30.5 Å². The van der Waals surface area contributed by atoms with Crippen molar-refractivity contribution in [2.24, 2.45) is 5.92 Å². The zero-order chi connectivity index (χ0) is 18.6. The van der Waals surface area contributed by atoms with Crippen molar-refractivity contribution in [1.82, 2.24) is 10.2 Å². The van der Waals surface area contributed by atoms with E-state index in [9.17, 15) is 14.0 Å². The molecule has 6 heteroatoms. The Bertz CT molecular complexity index is 610. The predicted octanol–water partition coefficient (Wildman–Crippen LogP) is 2.41. The lowest BCUT2D eigenvalue weighted by Crippen LogP contribution is -2.43. The molecule has 0 saturated carbocycles. The number of carbonyl (C=O) groups is 2. The third-order valence-corrected chi connectivity index (χ3v) is 4.63. The standard InChI is InChI=1S/C19H28FN3O2/c1-13(2)22(14(3)4)10-9-21-19(25)15-11-18(24)23(12-15)17-8-6-5-7-16(17)20/h5-8,13-15H,9-12H2,1-4H3,(H,21,25)/t15-/m0/s1. The maximum Gasteiger partial charge on any atom is 0.227 e. The fourth-order valence-corrected chi connectivity index (χ4v) is 3.35. The van der Waals surface area contributed by atoms with Gasteiger partial charge in [0.1, 0.15) is 5.82 Å². The fraction of sp³-hybridized carbons (Fsp3) is 0.579. The summed E-state index contributed by atoms with van der Waals surface area (Å²) >= 11 is 0. The highest BCUT2D eigenvalue weighted by molar-refractivity contribution is 6.00. The highest BCUT2D eigenvalue weighted by Gasteiger charge is 2.36. The van der Waals surface area contributed by atoms with E-state index in [0.29, 0.717) is 18.6 Å². The van der Waals surface area contributed by atoms with Gasteiger partial charge in [0.05, 0.1) is 11.6 Å². The molecule has 2 rings (SSSR count). The molecule has 138 valence electrons. The van der Waals surface area contributed by atoms with E-state index in [4.69, 9.17) is 0 Å². The van der Waals surface area contributed by atoms with Crippen LogP contribution in [0, 0.1) is 11.7 Å². The van der Waals surface area contributed by atoms with E-state index < -0.39 is 11.7 Å². The van der Waals surface area contributed by atoms with Crippen LogP contribution in [0.4, 0.5) is 10.1 Å². The summed E-state index contributed by atoms with van der Waals surface area (Å²) in [4.78, 5) is 28.2. The molecule has 1 N–H and O–H groups in total. The van der Waals surface area contributed by atoms with Gasteiger partial charge in [0.15, 0.2) is 0 Å². The quantitative estimate of drug-likeness (QED) is 0.822. The molecular weight excluding hydrogens is 321 g/mol. The Kier molecular flexibility index (Phi) is 6.53. The summed E-state index contributed by atoms with van der Waals surface area (Å²) in [6.07, 6.45) is 0.123. The minimum Gasteiger partial charge on any atom is -0.355 e. The molecule has 1 aliphatic heterocycles. The summed E-state index contributed by atoms with van der Waals surface area (Å²) in [6, 6.07) is 6.96. The molecule has 1 aromatic rings. The van der Waals surface area contributed by atoms with Crippen molar-refractivity contribution in [3.05, 3.63) is 30.1 Å². The maximum atomic E-state index is 13.9. The molecule has 1 aliphatic rings. The molecule has 1 aromatic carbocycles. The number of hydrogen-bond donors (Lipinski definition) is 1. The van der Waals surface area contributed by atoms with Gasteiger partial charge in [0.2, 0.25) is 11.8 Å². The average Bonchev–Trinajstić information content (AvgIpc) is 2.93. The van der Waals surface area contributed by atoms with Crippen LogP contribution < -0.4 is 10.2 Å². The van der Waals surface area contributed by atoms with Gasteiger partial charge in [-0.25, -0.2) is 4.39 Å². The van der Waals surface area contributed by atoms with Crippen LogP contribution in [-0.4, -0.2) is 48.4 Å². The van der Waals surface area contributed by atoms with Crippen LogP contribution in [0.3, 0.4) is 0 Å². The molecule has 1 atom stereocenters. The van der Waals surface area contributed by atoms with Gasteiger partial charge in [-0.15, -0.1) is 0 Å². The smallest absolute Gasteiger partial charge is 0.227 e. The minimum absolute atomic E-state index is 0.123. The Morgan fingerprint density at radius 2 is 1.92 bits per heavy atom. The number of anilines is 1. The molecule has 0 unspecified atom stereocenters. The summed E-state index contributed by atoms with van der Waals surface area (Å²) in [7, 11) is 0. The summed E-state index contributed by atoms with van der Waals surface area (Å²) in [5.41, 5.74) is 0.244. The molecule has 25 heavy (non-hydrogen) atoms. The van der Waals surface area contributed by atoms with Gasteiger partial charge in [-0.1, -0.05) is 12.1 Å². The number of hydrogen-bond acceptors (Lipinski definition) is 3. The second kappa shape index (κ2) is 8.43. The van der Waals surface area contributed by atoms with Gasteiger partial charge < -0.3 is 10.2 Å². The molecule has 0 aliphatic carbocycles. The first-order chi connectivity index (χ1) is 11.8. The molecule has 0 spiro atoms. The summed E-state index contributed by atoms with van der Waals surface area (Å²) < 4.78 is 13.9. The van der Waals surface area contributed by atoms with Gasteiger partial charge in [-0.05, 0) is 39.8 Å². The highest BCUT2D eigenvalue weighted by atomic mass is 19.1. The van der Waals surface area contributed by atoms with Crippen LogP contribution in [0.2, 0.25) is 0 Å². The fourth-order valence-electron chi connectivity index (χ4n) is 3.35. The zero-order valence-electron chi connectivity index (χ0n) is 15.5. The van der Waals surface area contributed by atoms with E-state index in [1.807, 2.05) is 0 Å². The summed E-state index contributed by atoms with van der Waals surface area (Å²) in [5.74, 6) is -1.23. The van der Waals surface area contributed by atoms with Crippen LogP contribution >= 0.6 is 0 Å². The maximum absolute atomic E-state index is 13.9. The van der Waals surface area contributed by atoms with Gasteiger partial charge in [0.25, 0.3) is 0 Å². The highest BCUT2D eigenvalue weighted by Crippen LogP contribution is 2.27. The summed E-state index contributed by atoms with van der Waals surface area (Å²) in [5, 5.41) is 2.92. The van der Waals surface area contributed by atoms with Crippen molar-refractivity contribution < 1.29 is 14.0 Å². The Hall–Kier alpha value is -1.95. The topological polar surface area (TPSA) is 52.7 Å². The van der Waals surface area contributed by atoms with Crippen molar-refractivity contribution in [2.75, 3.05) is 24.5 Å². The largest absolute Gasteiger partial charge is 0.355 e. The molecule has 1 heterocycles. The number of halogens is 1. The van der Waals surface area contributed by atoms with Crippen molar-refractivity contribution >= 4 is 17.5 Å². The van der Waals surface area contributed by atoms with Crippen LogP contribution in [-0.2, 0) is 9.59 Å². The molecule has 0 bridgehead atoms. The first-order valence-corrected chi connectivity index (χ1v) is 8.89. The number of carbonyl (C=O) groups excluding carboxylic acids is 2. The van der Waals surface area contributed by atoms with E-state index in [1.54, 1.807) is 18.2 Å². The number of benzene rings is 1. The SMILES string of the molecule is CC(C)N(CCNC(=O)[C@H]1CC(=O)N(c2ccccc2F)C1)C(C)C. The zero-order valence-corrected chi connectivity index (χ0v) is 15.5. The van der Waals surface area contributed by atoms with Crippen LogP contribution in [0.1, 0.15) is 34.1 Å². The van der Waals surface area contributed by atoms with Crippen molar-refractivity contribution in [3.8, 4) is 0 Å². The van der Waals surface area contributed by atoms with Crippen LogP contribution in [0.15, 0.2) is 24.3 Å². The molecule has 1 fully saturated rings. The number of amides is 2. The lowest BCUT2D eigenvalue weighted by atomic mass is 10.1. The van der Waals surface area contributed by atoms with E-state index in [2.05, 4.69) is 37.9 Å². The van der Waals surface area contributed by atoms with Crippen LogP contribution in [0.25, 0.3) is 0 Å². The first-order valence-electron chi connectivity index (χ1n) is 8.89. The second-order valence-corrected chi connectivity index (χ2v) is 7.07. The molecular formula is C19H28FN3O2. The van der Waals surface area contributed by atoms with Crippen molar-refractivity contribution in [1.29, 1.82) is 0 Å². The molecule has 0 radical (unpaired) electrons. The summed E-state index contributed by atoms with van der Waals surface area (Å²) in [6.45, 7) is 10.0. The molecule has 0 aromatic heterocycles. The molecule has 5 nitrogen and oxygen atoms in total. The van der Waals surface area contributed by atoms with Crippen molar-refractivity contribution in [3.63, 3.8) is 0 Å². The average molecular weight is 349 g/mol. The van der Waals surface area contributed by atoms with Gasteiger partial charge in [0, 0.05) is 38.1 Å². The number of para-hydroxylation sites is 1. The third-order valence-electron chi connectivity index (χ3n) is 4.63. The lowest BCUT2D eigenvalue weighted by Gasteiger charge is -2.30. The predicted molar refractivity (Wildman–Crippen MR) is 96.8 cm³/mol. The van der Waals surface area contributed by atoms with E-state index in [1.165, 1.54) is 11.0 Å². The monoisotopic (exact) mass is 349 g/mol. The number of nitrogens with zero attached hydrogens (tertiary/aromatic N) is 2. The van der Waals surface area contributed by atoms with Crippen LogP contribution in [0.5, 0.6) is 0 Å². The Labute approximate surface area is 149 Å². The lowest BCUT2D eigenvalue weighted by molar-refractivity contribution is -0.126. The van der Waals surface area contributed by atoms with E-state index >= 15 is 0 Å². The van der Waals surface area contributed by atoms with Crippen molar-refractivity contribution in [2.45, 2.75) is 46.2 Å². The third kappa shape index (κ3) is 4.78. The molecule has 1 saturated heterocycles. The van der Waals surface area contributed by atoms with Gasteiger partial charge in [-0.2, -0.15) is 0 Å².